The molecule has 0 aliphatic rings. The van der Waals surface area contributed by atoms with Crippen LogP contribution in [0.4, 0.5) is 5.69 Å². The average Bonchev–Trinajstić information content (AvgIpc) is 2.05. The van der Waals surface area contributed by atoms with Gasteiger partial charge in [0.2, 0.25) is 5.91 Å². The van der Waals surface area contributed by atoms with Gasteiger partial charge in [0.15, 0.2) is 0 Å². The van der Waals surface area contributed by atoms with Crippen molar-refractivity contribution in [1.82, 2.24) is 0 Å². The van der Waals surface area contributed by atoms with Crippen molar-refractivity contribution in [2.45, 2.75) is 18.7 Å². The van der Waals surface area contributed by atoms with E-state index < -0.39 is 8.87 Å². The Morgan fingerprint density at radius 2 is 1.94 bits per heavy atom. The molecule has 0 aromatic heterocycles. The summed E-state index contributed by atoms with van der Waals surface area (Å²) in [6, 6.07) is 4.67. The molecule has 1 N–H and O–H groups in total. The van der Waals surface area contributed by atoms with Crippen LogP contribution in [-0.4, -0.2) is 14.3 Å². The molecule has 0 heterocycles. The molecule has 1 amide bonds. The standard InChI is InChI=1S/C9H11NO3S2.Na/c1-6-3-4-8(10-7(2)11)9(5-6)15(12,13)14;/h3-5H,1-2H3,(H,10,11)(H,12,13,14);/q;+1/p-1. The SMILES string of the molecule is CC(=O)Nc1ccc(C)cc1S(=O)(=O)[S-].[Na+]. The monoisotopic (exact) mass is 267 g/mol. The fourth-order valence-electron chi connectivity index (χ4n) is 1.13. The number of carbonyl (C=O) groups is 1. The molecule has 0 saturated heterocycles. The Bertz CT molecular complexity index is 499. The molecule has 0 radical (unpaired) electrons. The Morgan fingerprint density at radius 3 is 2.38 bits per heavy atom. The first kappa shape index (κ1) is 16.0. The maximum absolute atomic E-state index is 11.3. The summed E-state index contributed by atoms with van der Waals surface area (Å²) in [5.74, 6) is -0.334. The molecule has 4 nitrogen and oxygen atoms in total. The number of hydrogen-bond donors (Lipinski definition) is 1. The van der Waals surface area contributed by atoms with Crippen LogP contribution in [0.15, 0.2) is 23.1 Å². The number of hydrogen-bond acceptors (Lipinski definition) is 4. The second kappa shape index (κ2) is 6.07. The largest absolute Gasteiger partial charge is 1.00 e. The molecule has 0 aliphatic carbocycles. The van der Waals surface area contributed by atoms with Gasteiger partial charge in [-0.2, -0.15) is 0 Å². The molecule has 1 aromatic carbocycles. The van der Waals surface area contributed by atoms with Gasteiger partial charge < -0.3 is 17.0 Å². The maximum atomic E-state index is 11.3. The first-order chi connectivity index (χ1) is 6.80. The van der Waals surface area contributed by atoms with Crippen LogP contribution in [-0.2, 0) is 25.3 Å². The van der Waals surface area contributed by atoms with Crippen molar-refractivity contribution >= 4 is 32.1 Å². The van der Waals surface area contributed by atoms with Crippen LogP contribution in [0.5, 0.6) is 0 Å². The third-order valence-electron chi connectivity index (χ3n) is 1.72. The van der Waals surface area contributed by atoms with Gasteiger partial charge in [-0.1, -0.05) is 6.07 Å². The minimum absolute atomic E-state index is 0. The van der Waals surface area contributed by atoms with Gasteiger partial charge in [0.25, 0.3) is 0 Å². The molecule has 1 rings (SSSR count). The fraction of sp³-hybridized carbons (Fsp3) is 0.222. The Labute approximate surface area is 122 Å². The maximum Gasteiger partial charge on any atom is 1.00 e. The Hall–Kier alpha value is -0.0100. The number of anilines is 1. The Balaban J connectivity index is 0.00000225. The number of carbonyl (C=O) groups excluding carboxylic acids is 1. The zero-order chi connectivity index (χ0) is 11.6. The quantitative estimate of drug-likeness (QED) is 0.390. The van der Waals surface area contributed by atoms with Gasteiger partial charge in [-0.15, -0.1) is 0 Å². The van der Waals surface area contributed by atoms with E-state index in [9.17, 15) is 13.2 Å². The van der Waals surface area contributed by atoms with E-state index in [1.165, 1.54) is 19.1 Å². The summed E-state index contributed by atoms with van der Waals surface area (Å²) in [4.78, 5) is 10.8. The molecule has 0 saturated carbocycles. The third kappa shape index (κ3) is 4.47. The Kier molecular flexibility index (Phi) is 6.06. The van der Waals surface area contributed by atoms with Gasteiger partial charge in [0.1, 0.15) is 0 Å². The molecule has 1 aromatic rings. The predicted molar refractivity (Wildman–Crippen MR) is 60.0 cm³/mol. The van der Waals surface area contributed by atoms with Crippen LogP contribution < -0.4 is 34.9 Å². The second-order valence-electron chi connectivity index (χ2n) is 3.13. The third-order valence-corrected chi connectivity index (χ3v) is 3.13. The summed E-state index contributed by atoms with van der Waals surface area (Å²) in [5.41, 5.74) is 0.996. The topological polar surface area (TPSA) is 63.2 Å². The zero-order valence-electron chi connectivity index (χ0n) is 9.27. The van der Waals surface area contributed by atoms with Crippen molar-refractivity contribution in [2.75, 3.05) is 5.32 Å². The summed E-state index contributed by atoms with van der Waals surface area (Å²) in [6.45, 7) is 3.06. The van der Waals surface area contributed by atoms with Gasteiger partial charge in [0, 0.05) is 6.92 Å². The van der Waals surface area contributed by atoms with Crippen molar-refractivity contribution < 1.29 is 42.8 Å². The molecule has 0 spiro atoms. The number of amides is 1. The molecule has 16 heavy (non-hydrogen) atoms. The number of aryl methyl sites for hydroxylation is 1. The minimum Gasteiger partial charge on any atom is -0.644 e. The molecule has 0 aliphatic heterocycles. The first-order valence-corrected chi connectivity index (χ1v) is 6.55. The molecule has 7 heteroatoms. The molecule has 0 unspecified atom stereocenters. The smallest absolute Gasteiger partial charge is 0.644 e. The van der Waals surface area contributed by atoms with Crippen LogP contribution in [0.3, 0.4) is 0 Å². The van der Waals surface area contributed by atoms with Crippen LogP contribution in [0.1, 0.15) is 12.5 Å². The average molecular weight is 267 g/mol. The first-order valence-electron chi connectivity index (χ1n) is 4.15. The van der Waals surface area contributed by atoms with Crippen LogP contribution in [0, 0.1) is 6.92 Å². The van der Waals surface area contributed by atoms with E-state index in [1.54, 1.807) is 13.0 Å². The summed E-state index contributed by atoms with van der Waals surface area (Å²) in [5, 5.41) is 2.42. The number of nitrogens with one attached hydrogen (secondary N) is 1. The van der Waals surface area contributed by atoms with E-state index in [0.29, 0.717) is 0 Å². The predicted octanol–water partition coefficient (Wildman–Crippen LogP) is -1.81. The van der Waals surface area contributed by atoms with E-state index >= 15 is 0 Å². The summed E-state index contributed by atoms with van der Waals surface area (Å²) < 4.78 is 22.5. The fourth-order valence-corrected chi connectivity index (χ4v) is 2.26. The summed E-state index contributed by atoms with van der Waals surface area (Å²) in [7, 11) is -3.73. The van der Waals surface area contributed by atoms with Gasteiger partial charge in [-0.05, 0) is 24.6 Å². The van der Waals surface area contributed by atoms with Gasteiger partial charge in [-0.25, -0.2) is 8.42 Å². The van der Waals surface area contributed by atoms with E-state index in [4.69, 9.17) is 0 Å². The normalized spacial score (nSPS) is 10.4. The van der Waals surface area contributed by atoms with Gasteiger partial charge >= 0.3 is 29.6 Å². The van der Waals surface area contributed by atoms with Gasteiger partial charge in [0.05, 0.1) is 19.5 Å². The van der Waals surface area contributed by atoms with Crippen molar-refractivity contribution in [2.24, 2.45) is 0 Å². The molecule has 0 atom stereocenters. The second-order valence-corrected chi connectivity index (χ2v) is 5.80. The molecular formula is C9H10NNaO3S2. The molecular weight excluding hydrogens is 257 g/mol. The van der Waals surface area contributed by atoms with Gasteiger partial charge in [-0.3, -0.25) is 4.79 Å². The van der Waals surface area contributed by atoms with Crippen molar-refractivity contribution in [1.29, 1.82) is 0 Å². The molecule has 0 fully saturated rings. The van der Waals surface area contributed by atoms with Crippen molar-refractivity contribution in [3.8, 4) is 0 Å². The summed E-state index contributed by atoms with van der Waals surface area (Å²) in [6.07, 6.45) is 0. The minimum atomic E-state index is -3.73. The molecule has 0 bridgehead atoms. The molecule has 82 valence electrons. The van der Waals surface area contributed by atoms with E-state index in [-0.39, 0.29) is 46.0 Å². The Morgan fingerprint density at radius 1 is 1.38 bits per heavy atom. The zero-order valence-corrected chi connectivity index (χ0v) is 12.9. The van der Waals surface area contributed by atoms with Crippen LogP contribution in [0.2, 0.25) is 0 Å². The van der Waals surface area contributed by atoms with Crippen LogP contribution in [0.25, 0.3) is 0 Å². The summed E-state index contributed by atoms with van der Waals surface area (Å²) >= 11 is 4.37. The number of rotatable bonds is 2. The van der Waals surface area contributed by atoms with E-state index in [2.05, 4.69) is 17.0 Å². The van der Waals surface area contributed by atoms with E-state index in [0.717, 1.165) is 5.56 Å². The van der Waals surface area contributed by atoms with Crippen molar-refractivity contribution in [3.63, 3.8) is 0 Å². The van der Waals surface area contributed by atoms with Crippen molar-refractivity contribution in [3.05, 3.63) is 23.8 Å². The van der Waals surface area contributed by atoms with E-state index in [1.807, 2.05) is 0 Å². The van der Waals surface area contributed by atoms with Crippen LogP contribution >= 0.6 is 0 Å². The number of benzene rings is 1.